The first-order valence-electron chi connectivity index (χ1n) is 5.47. The van der Waals surface area contributed by atoms with Crippen LogP contribution in [0.15, 0.2) is 24.4 Å². The zero-order valence-electron chi connectivity index (χ0n) is 10.5. The average molecular weight is 250 g/mol. The molecule has 2 N–H and O–H groups in total. The van der Waals surface area contributed by atoms with Gasteiger partial charge in [-0.1, -0.05) is 5.21 Å². The minimum atomic E-state index is -0.567. The number of hydrogen-bond donors (Lipinski definition) is 1. The van der Waals surface area contributed by atoms with Crippen molar-refractivity contribution in [2.24, 2.45) is 5.73 Å². The molecule has 0 atom stereocenters. The first-order chi connectivity index (χ1) is 8.41. The van der Waals surface area contributed by atoms with Crippen molar-refractivity contribution in [1.82, 2.24) is 15.0 Å². The first-order valence-corrected chi connectivity index (χ1v) is 5.47. The van der Waals surface area contributed by atoms with Crippen molar-refractivity contribution in [3.05, 3.63) is 35.9 Å². The van der Waals surface area contributed by atoms with E-state index in [0.29, 0.717) is 11.4 Å². The highest BCUT2D eigenvalue weighted by Gasteiger charge is 2.18. The Kier molecular flexibility index (Phi) is 3.04. The number of halogens is 1. The van der Waals surface area contributed by atoms with Crippen LogP contribution in [-0.2, 0) is 5.54 Å². The van der Waals surface area contributed by atoms with Gasteiger partial charge in [-0.15, -0.1) is 5.10 Å². The van der Waals surface area contributed by atoms with Crippen molar-refractivity contribution in [2.45, 2.75) is 19.4 Å². The van der Waals surface area contributed by atoms with Gasteiger partial charge in [-0.05, 0) is 26.0 Å². The SMILES string of the molecule is COc1cc(-n2cc(C(C)(C)N)nn2)ccc1F. The van der Waals surface area contributed by atoms with Crippen molar-refractivity contribution in [3.63, 3.8) is 0 Å². The predicted molar refractivity (Wildman–Crippen MR) is 65.1 cm³/mol. The second-order valence-corrected chi connectivity index (χ2v) is 4.59. The summed E-state index contributed by atoms with van der Waals surface area (Å²) in [5.74, 6) is -0.252. The highest BCUT2D eigenvalue weighted by molar-refractivity contribution is 5.39. The van der Waals surface area contributed by atoms with E-state index in [0.717, 1.165) is 0 Å². The van der Waals surface area contributed by atoms with E-state index in [1.807, 2.05) is 13.8 Å². The van der Waals surface area contributed by atoms with Gasteiger partial charge in [0, 0.05) is 6.07 Å². The number of nitrogens with two attached hydrogens (primary N) is 1. The lowest BCUT2D eigenvalue weighted by Gasteiger charge is -2.13. The third kappa shape index (κ3) is 2.33. The first kappa shape index (κ1) is 12.5. The second-order valence-electron chi connectivity index (χ2n) is 4.59. The fraction of sp³-hybridized carbons (Fsp3) is 0.333. The van der Waals surface area contributed by atoms with Gasteiger partial charge in [0.05, 0.1) is 24.5 Å². The van der Waals surface area contributed by atoms with Gasteiger partial charge in [0.1, 0.15) is 5.69 Å². The zero-order valence-corrected chi connectivity index (χ0v) is 10.5. The van der Waals surface area contributed by atoms with E-state index in [1.54, 1.807) is 18.3 Å². The lowest BCUT2D eigenvalue weighted by Crippen LogP contribution is -2.29. The molecule has 0 unspecified atom stereocenters. The lowest BCUT2D eigenvalue weighted by atomic mass is 10.0. The van der Waals surface area contributed by atoms with Crippen LogP contribution in [0.5, 0.6) is 5.75 Å². The molecule has 2 rings (SSSR count). The van der Waals surface area contributed by atoms with Crippen LogP contribution >= 0.6 is 0 Å². The van der Waals surface area contributed by atoms with Crippen LogP contribution in [0.3, 0.4) is 0 Å². The molecular formula is C12H15FN4O. The maximum atomic E-state index is 13.3. The number of benzene rings is 1. The second kappa shape index (κ2) is 4.38. The minimum absolute atomic E-state index is 0.163. The number of ether oxygens (including phenoxy) is 1. The third-order valence-corrected chi connectivity index (χ3v) is 2.55. The Morgan fingerprint density at radius 2 is 2.11 bits per heavy atom. The Labute approximate surface area is 104 Å². The van der Waals surface area contributed by atoms with E-state index >= 15 is 0 Å². The summed E-state index contributed by atoms with van der Waals surface area (Å²) in [6.07, 6.45) is 1.71. The molecule has 0 saturated heterocycles. The summed E-state index contributed by atoms with van der Waals surface area (Å²) < 4.78 is 19.7. The topological polar surface area (TPSA) is 66.0 Å². The number of methoxy groups -OCH3 is 1. The van der Waals surface area contributed by atoms with Crippen LogP contribution in [0.2, 0.25) is 0 Å². The summed E-state index contributed by atoms with van der Waals surface area (Å²) in [6.45, 7) is 3.68. The molecule has 6 heteroatoms. The predicted octanol–water partition coefficient (Wildman–Crippen LogP) is 1.61. The maximum absolute atomic E-state index is 13.3. The third-order valence-electron chi connectivity index (χ3n) is 2.55. The van der Waals surface area contributed by atoms with E-state index < -0.39 is 11.4 Å². The quantitative estimate of drug-likeness (QED) is 0.898. The van der Waals surface area contributed by atoms with Gasteiger partial charge in [-0.25, -0.2) is 9.07 Å². The van der Waals surface area contributed by atoms with Crippen LogP contribution in [-0.4, -0.2) is 22.1 Å². The Morgan fingerprint density at radius 1 is 1.39 bits per heavy atom. The zero-order chi connectivity index (χ0) is 13.3. The van der Waals surface area contributed by atoms with Gasteiger partial charge in [0.25, 0.3) is 0 Å². The van der Waals surface area contributed by atoms with Crippen molar-refractivity contribution in [3.8, 4) is 11.4 Å². The molecule has 0 radical (unpaired) electrons. The number of hydrogen-bond acceptors (Lipinski definition) is 4. The Bertz CT molecular complexity index is 559. The normalized spacial score (nSPS) is 11.6. The van der Waals surface area contributed by atoms with Crippen molar-refractivity contribution in [1.29, 1.82) is 0 Å². The van der Waals surface area contributed by atoms with E-state index in [2.05, 4.69) is 10.3 Å². The molecule has 96 valence electrons. The van der Waals surface area contributed by atoms with Gasteiger partial charge >= 0.3 is 0 Å². The molecule has 0 bridgehead atoms. The average Bonchev–Trinajstić information content (AvgIpc) is 2.78. The molecular weight excluding hydrogens is 235 g/mol. The Hall–Kier alpha value is -1.95. The van der Waals surface area contributed by atoms with Gasteiger partial charge in [-0.3, -0.25) is 0 Å². The van der Waals surface area contributed by atoms with Gasteiger partial charge in [-0.2, -0.15) is 0 Å². The summed E-state index contributed by atoms with van der Waals surface area (Å²) in [6, 6.07) is 4.47. The van der Waals surface area contributed by atoms with Crippen LogP contribution in [0.25, 0.3) is 5.69 Å². The Morgan fingerprint density at radius 3 is 2.67 bits per heavy atom. The van der Waals surface area contributed by atoms with Crippen LogP contribution in [0.4, 0.5) is 4.39 Å². The summed E-state index contributed by atoms with van der Waals surface area (Å²) in [5, 5.41) is 7.96. The molecule has 0 aliphatic carbocycles. The van der Waals surface area contributed by atoms with Gasteiger partial charge < -0.3 is 10.5 Å². The van der Waals surface area contributed by atoms with E-state index in [4.69, 9.17) is 10.5 Å². The van der Waals surface area contributed by atoms with Crippen molar-refractivity contribution in [2.75, 3.05) is 7.11 Å². The molecule has 1 aromatic carbocycles. The minimum Gasteiger partial charge on any atom is -0.494 e. The highest BCUT2D eigenvalue weighted by atomic mass is 19.1. The largest absolute Gasteiger partial charge is 0.494 e. The monoisotopic (exact) mass is 250 g/mol. The van der Waals surface area contributed by atoms with Crippen molar-refractivity contribution >= 4 is 0 Å². The van der Waals surface area contributed by atoms with Crippen LogP contribution < -0.4 is 10.5 Å². The lowest BCUT2D eigenvalue weighted by molar-refractivity contribution is 0.386. The number of nitrogens with zero attached hydrogens (tertiary/aromatic N) is 3. The van der Waals surface area contributed by atoms with Gasteiger partial charge in [0.15, 0.2) is 11.6 Å². The summed E-state index contributed by atoms with van der Waals surface area (Å²) >= 11 is 0. The molecule has 0 fully saturated rings. The fourth-order valence-electron chi connectivity index (χ4n) is 1.48. The Balaban J connectivity index is 2.40. The molecule has 0 aliphatic heterocycles. The molecule has 18 heavy (non-hydrogen) atoms. The number of aromatic nitrogens is 3. The summed E-state index contributed by atoms with van der Waals surface area (Å²) in [5.41, 5.74) is 6.68. The van der Waals surface area contributed by atoms with Gasteiger partial charge in [0.2, 0.25) is 0 Å². The maximum Gasteiger partial charge on any atom is 0.165 e. The highest BCUT2D eigenvalue weighted by Crippen LogP contribution is 2.21. The van der Waals surface area contributed by atoms with E-state index in [1.165, 1.54) is 17.9 Å². The molecule has 5 nitrogen and oxygen atoms in total. The molecule has 0 amide bonds. The van der Waals surface area contributed by atoms with E-state index in [9.17, 15) is 4.39 Å². The molecule has 1 heterocycles. The molecule has 1 aromatic heterocycles. The molecule has 0 saturated carbocycles. The number of rotatable bonds is 3. The molecule has 0 spiro atoms. The summed E-state index contributed by atoms with van der Waals surface area (Å²) in [4.78, 5) is 0. The summed E-state index contributed by atoms with van der Waals surface area (Å²) in [7, 11) is 1.41. The molecule has 0 aliphatic rings. The fourth-order valence-corrected chi connectivity index (χ4v) is 1.48. The van der Waals surface area contributed by atoms with Crippen LogP contribution in [0, 0.1) is 5.82 Å². The smallest absolute Gasteiger partial charge is 0.165 e. The van der Waals surface area contributed by atoms with E-state index in [-0.39, 0.29) is 5.75 Å². The standard InChI is InChI=1S/C12H15FN4O/c1-12(2,14)11-7-17(16-15-11)8-4-5-9(13)10(6-8)18-3/h4-7H,14H2,1-3H3. The van der Waals surface area contributed by atoms with Crippen LogP contribution in [0.1, 0.15) is 19.5 Å². The van der Waals surface area contributed by atoms with Crippen molar-refractivity contribution < 1.29 is 9.13 Å². The molecule has 2 aromatic rings.